The summed E-state index contributed by atoms with van der Waals surface area (Å²) in [7, 11) is 0. The van der Waals surface area contributed by atoms with Crippen molar-refractivity contribution in [3.8, 4) is 5.75 Å². The van der Waals surface area contributed by atoms with E-state index >= 15 is 0 Å². The first-order chi connectivity index (χ1) is 13.7. The highest BCUT2D eigenvalue weighted by Crippen LogP contribution is 2.21. The molecule has 0 radical (unpaired) electrons. The zero-order chi connectivity index (χ0) is 19.3. The lowest BCUT2D eigenvalue weighted by Gasteiger charge is -2.06. The molecule has 0 saturated carbocycles. The van der Waals surface area contributed by atoms with Gasteiger partial charge in [-0.1, -0.05) is 48.5 Å². The van der Waals surface area contributed by atoms with E-state index in [1.165, 1.54) is 0 Å². The van der Waals surface area contributed by atoms with Gasteiger partial charge in [0.2, 0.25) is 5.90 Å². The maximum Gasteiger partial charge on any atom is 0.363 e. The lowest BCUT2D eigenvalue weighted by atomic mass is 10.2. The average Bonchev–Trinajstić information content (AvgIpc) is 3.09. The van der Waals surface area contributed by atoms with E-state index in [9.17, 15) is 4.79 Å². The van der Waals surface area contributed by atoms with Gasteiger partial charge in [0.25, 0.3) is 0 Å². The first kappa shape index (κ1) is 18.4. The minimum atomic E-state index is -0.446. The fourth-order valence-corrected chi connectivity index (χ4v) is 3.26. The van der Waals surface area contributed by atoms with Crippen LogP contribution in [0.5, 0.6) is 5.75 Å². The molecule has 0 atom stereocenters. The number of halogens is 1. The number of rotatable bonds is 5. The van der Waals surface area contributed by atoms with Gasteiger partial charge >= 0.3 is 5.97 Å². The maximum atomic E-state index is 12.1. The maximum absolute atomic E-state index is 12.1. The molecule has 0 spiro atoms. The SMILES string of the molecule is O=C1OC(c2cccc(I)c2)=NC1=Cc1ccc(OCc2ccccc2)cc1. The second kappa shape index (κ2) is 8.39. The molecule has 138 valence electrons. The predicted molar refractivity (Wildman–Crippen MR) is 117 cm³/mol. The Bertz CT molecular complexity index is 1060. The van der Waals surface area contributed by atoms with Crippen LogP contribution in [0.2, 0.25) is 0 Å². The monoisotopic (exact) mass is 481 g/mol. The second-order valence-electron chi connectivity index (χ2n) is 6.19. The predicted octanol–water partition coefficient (Wildman–Crippen LogP) is 5.21. The van der Waals surface area contributed by atoms with Crippen LogP contribution in [0.1, 0.15) is 16.7 Å². The largest absolute Gasteiger partial charge is 0.489 e. The number of hydrogen-bond acceptors (Lipinski definition) is 4. The second-order valence-corrected chi connectivity index (χ2v) is 7.44. The highest BCUT2D eigenvalue weighted by Gasteiger charge is 2.24. The zero-order valence-electron chi connectivity index (χ0n) is 14.8. The van der Waals surface area contributed by atoms with E-state index in [-0.39, 0.29) is 5.70 Å². The fraction of sp³-hybridized carbons (Fsp3) is 0.0435. The summed E-state index contributed by atoms with van der Waals surface area (Å²) in [5, 5.41) is 0. The van der Waals surface area contributed by atoms with Crippen molar-refractivity contribution in [2.45, 2.75) is 6.61 Å². The van der Waals surface area contributed by atoms with E-state index in [1.54, 1.807) is 6.08 Å². The molecule has 4 nitrogen and oxygen atoms in total. The van der Waals surface area contributed by atoms with E-state index < -0.39 is 5.97 Å². The molecule has 0 unspecified atom stereocenters. The van der Waals surface area contributed by atoms with Crippen molar-refractivity contribution < 1.29 is 14.3 Å². The van der Waals surface area contributed by atoms with Crippen LogP contribution in [0.25, 0.3) is 6.08 Å². The first-order valence-corrected chi connectivity index (χ1v) is 9.80. The van der Waals surface area contributed by atoms with Gasteiger partial charge in [-0.2, -0.15) is 0 Å². The summed E-state index contributed by atoms with van der Waals surface area (Å²) in [6, 6.07) is 25.2. The van der Waals surface area contributed by atoms with Gasteiger partial charge in [0.15, 0.2) is 5.70 Å². The van der Waals surface area contributed by atoms with E-state index in [1.807, 2.05) is 78.9 Å². The zero-order valence-corrected chi connectivity index (χ0v) is 17.0. The number of esters is 1. The topological polar surface area (TPSA) is 47.9 Å². The number of cyclic esters (lactones) is 1. The van der Waals surface area contributed by atoms with Crippen LogP contribution >= 0.6 is 22.6 Å². The number of hydrogen-bond donors (Lipinski definition) is 0. The third-order valence-electron chi connectivity index (χ3n) is 4.12. The molecular formula is C23H16INO3. The molecule has 3 aromatic carbocycles. The van der Waals surface area contributed by atoms with Crippen LogP contribution in [-0.2, 0) is 16.1 Å². The molecule has 0 N–H and O–H groups in total. The van der Waals surface area contributed by atoms with E-state index in [0.717, 1.165) is 26.0 Å². The Morgan fingerprint density at radius 1 is 0.964 bits per heavy atom. The minimum Gasteiger partial charge on any atom is -0.489 e. The summed E-state index contributed by atoms with van der Waals surface area (Å²) in [4.78, 5) is 16.5. The van der Waals surface area contributed by atoms with E-state index in [2.05, 4.69) is 27.6 Å². The van der Waals surface area contributed by atoms with Crippen molar-refractivity contribution in [2.75, 3.05) is 0 Å². The molecule has 3 aromatic rings. The molecular weight excluding hydrogens is 465 g/mol. The van der Waals surface area contributed by atoms with E-state index in [4.69, 9.17) is 9.47 Å². The Hall–Kier alpha value is -2.93. The van der Waals surface area contributed by atoms with Crippen LogP contribution in [0.3, 0.4) is 0 Å². The van der Waals surface area contributed by atoms with Gasteiger partial charge in [-0.15, -0.1) is 0 Å². The van der Waals surface area contributed by atoms with E-state index in [0.29, 0.717) is 12.5 Å². The van der Waals surface area contributed by atoms with Gasteiger partial charge in [0.1, 0.15) is 12.4 Å². The third-order valence-corrected chi connectivity index (χ3v) is 4.79. The lowest BCUT2D eigenvalue weighted by Crippen LogP contribution is -2.05. The summed E-state index contributed by atoms with van der Waals surface area (Å²) < 4.78 is 12.2. The molecule has 0 aliphatic carbocycles. The van der Waals surface area contributed by atoms with Crippen molar-refractivity contribution in [1.29, 1.82) is 0 Å². The van der Waals surface area contributed by atoms with Gasteiger partial charge in [-0.05, 0) is 70.1 Å². The Balaban J connectivity index is 1.47. The summed E-state index contributed by atoms with van der Waals surface area (Å²) in [6.45, 7) is 0.511. The van der Waals surface area contributed by atoms with Crippen molar-refractivity contribution in [1.82, 2.24) is 0 Å². The molecule has 0 saturated heterocycles. The van der Waals surface area contributed by atoms with Crippen molar-refractivity contribution >= 4 is 40.5 Å². The Morgan fingerprint density at radius 3 is 2.50 bits per heavy atom. The number of carbonyl (C=O) groups excluding carboxylic acids is 1. The highest BCUT2D eigenvalue weighted by molar-refractivity contribution is 14.1. The average molecular weight is 481 g/mol. The minimum absolute atomic E-state index is 0.284. The summed E-state index contributed by atoms with van der Waals surface area (Å²) >= 11 is 2.21. The number of carbonyl (C=O) groups is 1. The van der Waals surface area contributed by atoms with Crippen LogP contribution in [-0.4, -0.2) is 11.9 Å². The standard InChI is InChI=1S/C23H16INO3/c24-19-8-4-7-18(14-19)22-25-21(23(26)28-22)13-16-9-11-20(12-10-16)27-15-17-5-2-1-3-6-17/h1-14H,15H2. The van der Waals surface area contributed by atoms with Crippen LogP contribution in [0.4, 0.5) is 0 Å². The van der Waals surface area contributed by atoms with Crippen molar-refractivity contribution in [3.63, 3.8) is 0 Å². The number of ether oxygens (including phenoxy) is 2. The highest BCUT2D eigenvalue weighted by atomic mass is 127. The van der Waals surface area contributed by atoms with Crippen molar-refractivity contribution in [2.24, 2.45) is 4.99 Å². The molecule has 0 amide bonds. The lowest BCUT2D eigenvalue weighted by molar-refractivity contribution is -0.129. The molecule has 1 aliphatic heterocycles. The smallest absolute Gasteiger partial charge is 0.363 e. The fourth-order valence-electron chi connectivity index (χ4n) is 2.71. The molecule has 0 fully saturated rings. The van der Waals surface area contributed by atoms with Crippen LogP contribution < -0.4 is 4.74 Å². The molecule has 28 heavy (non-hydrogen) atoms. The molecule has 1 aliphatic rings. The molecule has 5 heteroatoms. The van der Waals surface area contributed by atoms with Gasteiger partial charge in [-0.25, -0.2) is 9.79 Å². The van der Waals surface area contributed by atoms with Gasteiger partial charge in [0, 0.05) is 9.13 Å². The molecule has 4 rings (SSSR count). The quantitative estimate of drug-likeness (QED) is 0.286. The third kappa shape index (κ3) is 4.48. The van der Waals surface area contributed by atoms with Gasteiger partial charge in [0.05, 0.1) is 0 Å². The number of nitrogens with zero attached hydrogens (tertiary/aromatic N) is 1. The normalized spacial score (nSPS) is 14.7. The van der Waals surface area contributed by atoms with Gasteiger partial charge in [-0.3, -0.25) is 0 Å². The summed E-state index contributed by atoms with van der Waals surface area (Å²) in [6.07, 6.45) is 1.71. The Labute approximate surface area is 176 Å². The Morgan fingerprint density at radius 2 is 1.75 bits per heavy atom. The Kier molecular flexibility index (Phi) is 5.53. The van der Waals surface area contributed by atoms with Crippen molar-refractivity contribution in [3.05, 3.63) is 105 Å². The van der Waals surface area contributed by atoms with Crippen LogP contribution in [0.15, 0.2) is 89.6 Å². The number of benzene rings is 3. The molecule has 0 bridgehead atoms. The summed E-state index contributed by atoms with van der Waals surface area (Å²) in [5.74, 6) is 0.652. The molecule has 0 aromatic heterocycles. The molecule has 1 heterocycles. The first-order valence-electron chi connectivity index (χ1n) is 8.73. The summed E-state index contributed by atoms with van der Waals surface area (Å²) in [5.41, 5.74) is 3.03. The van der Waals surface area contributed by atoms with Crippen LogP contribution in [0, 0.1) is 3.57 Å². The van der Waals surface area contributed by atoms with Gasteiger partial charge < -0.3 is 9.47 Å². The number of aliphatic imine (C=N–C) groups is 1.